The molecule has 0 aliphatic heterocycles. The highest BCUT2D eigenvalue weighted by Crippen LogP contribution is 2.29. The molecule has 0 unspecified atom stereocenters. The summed E-state index contributed by atoms with van der Waals surface area (Å²) in [4.78, 5) is 14.5. The predicted molar refractivity (Wildman–Crippen MR) is 84.2 cm³/mol. The zero-order valence-electron chi connectivity index (χ0n) is 11.6. The third-order valence-corrected chi connectivity index (χ3v) is 3.94. The fourth-order valence-corrected chi connectivity index (χ4v) is 2.84. The van der Waals surface area contributed by atoms with Crippen LogP contribution in [0, 0.1) is 6.92 Å². The van der Waals surface area contributed by atoms with Gasteiger partial charge in [-0.3, -0.25) is 4.98 Å². The van der Waals surface area contributed by atoms with Crippen LogP contribution in [0.4, 0.5) is 5.82 Å². The van der Waals surface area contributed by atoms with E-state index in [0.717, 1.165) is 46.0 Å². The molecule has 0 aliphatic rings. The number of nitrogens with one attached hydrogen (secondary N) is 1. The number of aromatic nitrogens is 3. The first-order chi connectivity index (χ1) is 9.79. The van der Waals surface area contributed by atoms with Crippen molar-refractivity contribution in [2.45, 2.75) is 20.3 Å². The van der Waals surface area contributed by atoms with E-state index in [1.54, 1.807) is 17.5 Å². The first kappa shape index (κ1) is 13.0. The third kappa shape index (κ3) is 2.36. The maximum atomic E-state index is 4.70. The number of hydrogen-bond donors (Lipinski definition) is 1. The Bertz CT molecular complexity index is 736. The summed E-state index contributed by atoms with van der Waals surface area (Å²) in [5.41, 5.74) is 2.12. The zero-order valence-corrected chi connectivity index (χ0v) is 12.4. The summed E-state index contributed by atoms with van der Waals surface area (Å²) < 4.78 is 0. The molecule has 3 heterocycles. The monoisotopic (exact) mass is 284 g/mol. The minimum atomic E-state index is 0.762. The van der Waals surface area contributed by atoms with Gasteiger partial charge in [0.1, 0.15) is 10.6 Å². The molecule has 0 atom stereocenters. The number of fused-ring (bicyclic) bond motifs is 1. The van der Waals surface area contributed by atoms with Crippen LogP contribution in [-0.4, -0.2) is 21.5 Å². The molecular weight excluding hydrogens is 268 g/mol. The minimum Gasteiger partial charge on any atom is -0.369 e. The van der Waals surface area contributed by atoms with Gasteiger partial charge < -0.3 is 5.32 Å². The summed E-state index contributed by atoms with van der Waals surface area (Å²) in [6, 6.07) is 4.04. The van der Waals surface area contributed by atoms with Crippen molar-refractivity contribution in [2.24, 2.45) is 0 Å². The largest absolute Gasteiger partial charge is 0.369 e. The third-order valence-electron chi connectivity index (χ3n) is 3.13. The van der Waals surface area contributed by atoms with Gasteiger partial charge in [-0.1, -0.05) is 6.92 Å². The van der Waals surface area contributed by atoms with E-state index >= 15 is 0 Å². The molecule has 0 saturated heterocycles. The second-order valence-electron chi connectivity index (χ2n) is 4.65. The van der Waals surface area contributed by atoms with Gasteiger partial charge in [-0.25, -0.2) is 9.97 Å². The van der Waals surface area contributed by atoms with E-state index in [0.29, 0.717) is 0 Å². The lowest BCUT2D eigenvalue weighted by Crippen LogP contribution is -2.04. The molecule has 0 radical (unpaired) electrons. The zero-order chi connectivity index (χ0) is 13.9. The lowest BCUT2D eigenvalue weighted by Gasteiger charge is -2.09. The van der Waals surface area contributed by atoms with Crippen LogP contribution in [-0.2, 0) is 0 Å². The molecule has 4 nitrogen and oxygen atoms in total. The Morgan fingerprint density at radius 1 is 1.25 bits per heavy atom. The van der Waals surface area contributed by atoms with Crippen LogP contribution < -0.4 is 5.32 Å². The van der Waals surface area contributed by atoms with Crippen LogP contribution in [0.15, 0.2) is 29.9 Å². The molecule has 20 heavy (non-hydrogen) atoms. The fourth-order valence-electron chi connectivity index (χ4n) is 2.08. The number of anilines is 1. The van der Waals surface area contributed by atoms with Crippen LogP contribution in [0.2, 0.25) is 0 Å². The average Bonchev–Trinajstić information content (AvgIpc) is 2.93. The first-order valence-corrected chi connectivity index (χ1v) is 7.57. The van der Waals surface area contributed by atoms with E-state index < -0.39 is 0 Å². The van der Waals surface area contributed by atoms with Gasteiger partial charge in [-0.05, 0) is 36.4 Å². The van der Waals surface area contributed by atoms with Crippen molar-refractivity contribution in [3.8, 4) is 11.4 Å². The number of aryl methyl sites for hydroxylation is 1. The maximum absolute atomic E-state index is 4.70. The number of pyridine rings is 1. The van der Waals surface area contributed by atoms with Gasteiger partial charge in [0.05, 0.1) is 5.39 Å². The fraction of sp³-hybridized carbons (Fsp3) is 0.267. The molecule has 3 aromatic rings. The Kier molecular flexibility index (Phi) is 3.60. The average molecular weight is 284 g/mol. The second kappa shape index (κ2) is 5.54. The van der Waals surface area contributed by atoms with Gasteiger partial charge in [0.25, 0.3) is 0 Å². The molecule has 0 aliphatic carbocycles. The van der Waals surface area contributed by atoms with Crippen LogP contribution in [0.3, 0.4) is 0 Å². The molecule has 3 aromatic heterocycles. The molecule has 0 amide bonds. The molecule has 0 spiro atoms. The summed E-state index contributed by atoms with van der Waals surface area (Å²) in [6.07, 6.45) is 4.69. The summed E-state index contributed by atoms with van der Waals surface area (Å²) in [5.74, 6) is 1.68. The molecular formula is C15H16N4S. The van der Waals surface area contributed by atoms with Crippen molar-refractivity contribution in [2.75, 3.05) is 11.9 Å². The van der Waals surface area contributed by atoms with Crippen molar-refractivity contribution in [3.63, 3.8) is 0 Å². The Morgan fingerprint density at radius 3 is 2.95 bits per heavy atom. The molecule has 0 fully saturated rings. The van der Waals surface area contributed by atoms with Gasteiger partial charge in [0.2, 0.25) is 0 Å². The summed E-state index contributed by atoms with van der Waals surface area (Å²) >= 11 is 1.64. The van der Waals surface area contributed by atoms with Crippen LogP contribution in [0.25, 0.3) is 21.6 Å². The summed E-state index contributed by atoms with van der Waals surface area (Å²) in [7, 11) is 0. The molecule has 0 bridgehead atoms. The lowest BCUT2D eigenvalue weighted by atomic mass is 10.1. The van der Waals surface area contributed by atoms with E-state index in [-0.39, 0.29) is 0 Å². The molecule has 3 rings (SSSR count). The Labute approximate surface area is 121 Å². The van der Waals surface area contributed by atoms with Crippen molar-refractivity contribution in [1.29, 1.82) is 0 Å². The van der Waals surface area contributed by atoms with Gasteiger partial charge >= 0.3 is 0 Å². The number of hydrogen-bond acceptors (Lipinski definition) is 5. The Hall–Kier alpha value is -2.01. The smallest absolute Gasteiger partial charge is 0.163 e. The molecule has 0 saturated carbocycles. The van der Waals surface area contributed by atoms with E-state index in [4.69, 9.17) is 4.98 Å². The van der Waals surface area contributed by atoms with Crippen molar-refractivity contribution in [3.05, 3.63) is 35.5 Å². The van der Waals surface area contributed by atoms with E-state index in [1.807, 2.05) is 19.2 Å². The van der Waals surface area contributed by atoms with Crippen molar-refractivity contribution < 1.29 is 0 Å². The van der Waals surface area contributed by atoms with Gasteiger partial charge in [0, 0.05) is 24.5 Å². The highest BCUT2D eigenvalue weighted by atomic mass is 32.1. The molecule has 1 N–H and O–H groups in total. The van der Waals surface area contributed by atoms with Crippen molar-refractivity contribution in [1.82, 2.24) is 15.0 Å². The summed E-state index contributed by atoms with van der Waals surface area (Å²) in [6.45, 7) is 5.09. The SMILES string of the molecule is CCCNc1nc(-c2ccncc2C)nc2sccc12. The van der Waals surface area contributed by atoms with E-state index in [9.17, 15) is 0 Å². The van der Waals surface area contributed by atoms with Crippen molar-refractivity contribution >= 4 is 27.4 Å². The quantitative estimate of drug-likeness (QED) is 0.790. The van der Waals surface area contributed by atoms with Crippen LogP contribution >= 0.6 is 11.3 Å². The summed E-state index contributed by atoms with van der Waals surface area (Å²) in [5, 5.41) is 6.54. The van der Waals surface area contributed by atoms with Gasteiger partial charge in [-0.15, -0.1) is 11.3 Å². The maximum Gasteiger partial charge on any atom is 0.163 e. The first-order valence-electron chi connectivity index (χ1n) is 6.69. The lowest BCUT2D eigenvalue weighted by molar-refractivity contribution is 0.970. The molecule has 5 heteroatoms. The number of nitrogens with zero attached hydrogens (tertiary/aromatic N) is 3. The highest BCUT2D eigenvalue weighted by Gasteiger charge is 2.11. The van der Waals surface area contributed by atoms with Gasteiger partial charge in [0.15, 0.2) is 5.82 Å². The number of rotatable bonds is 4. The normalized spacial score (nSPS) is 10.9. The minimum absolute atomic E-state index is 0.762. The molecule has 102 valence electrons. The van der Waals surface area contributed by atoms with E-state index in [1.165, 1.54) is 0 Å². The topological polar surface area (TPSA) is 50.7 Å². The Morgan fingerprint density at radius 2 is 2.15 bits per heavy atom. The van der Waals surface area contributed by atoms with Crippen LogP contribution in [0.5, 0.6) is 0 Å². The Balaban J connectivity index is 2.14. The number of thiophene rings is 1. The highest BCUT2D eigenvalue weighted by molar-refractivity contribution is 7.16. The standard InChI is InChI=1S/C15H16N4S/c1-3-6-17-13-12-5-8-20-15(12)19-14(18-13)11-4-7-16-9-10(11)2/h4-5,7-9H,3,6H2,1-2H3,(H,17,18,19). The second-order valence-corrected chi connectivity index (χ2v) is 5.55. The molecule has 0 aromatic carbocycles. The predicted octanol–water partition coefficient (Wildman–Crippen LogP) is 3.88. The van der Waals surface area contributed by atoms with E-state index in [2.05, 4.69) is 33.7 Å². The van der Waals surface area contributed by atoms with Crippen LogP contribution in [0.1, 0.15) is 18.9 Å². The van der Waals surface area contributed by atoms with Gasteiger partial charge in [-0.2, -0.15) is 0 Å².